The third-order valence-electron chi connectivity index (χ3n) is 5.22. The number of rotatable bonds is 5. The van der Waals surface area contributed by atoms with Crippen LogP contribution in [0.4, 0.5) is 5.13 Å². The van der Waals surface area contributed by atoms with Crippen LogP contribution in [0.5, 0.6) is 5.75 Å². The topological polar surface area (TPSA) is 59.5 Å². The van der Waals surface area contributed by atoms with Crippen molar-refractivity contribution in [3.05, 3.63) is 57.9 Å². The van der Waals surface area contributed by atoms with Crippen LogP contribution in [-0.4, -0.2) is 38.9 Å². The Kier molecular flexibility index (Phi) is 6.25. The Morgan fingerprint density at radius 3 is 2.40 bits per heavy atom. The highest BCUT2D eigenvalue weighted by molar-refractivity contribution is 7.92. The van der Waals surface area contributed by atoms with Crippen molar-refractivity contribution in [1.82, 2.24) is 4.98 Å². The van der Waals surface area contributed by atoms with Crippen LogP contribution in [0, 0.1) is 0 Å². The lowest BCUT2D eigenvalue weighted by Gasteiger charge is -2.31. The van der Waals surface area contributed by atoms with Crippen molar-refractivity contribution in [3.63, 3.8) is 0 Å². The number of hydrogen-bond donors (Lipinski definition) is 0. The summed E-state index contributed by atoms with van der Waals surface area (Å²) in [6.45, 7) is 1.25. The van der Waals surface area contributed by atoms with E-state index in [1.807, 2.05) is 29.6 Å². The molecular weight excluding hydrogens is 463 g/mol. The molecule has 1 aliphatic rings. The van der Waals surface area contributed by atoms with E-state index in [1.165, 1.54) is 13.2 Å². The van der Waals surface area contributed by atoms with Crippen LogP contribution in [0.1, 0.15) is 12.8 Å². The van der Waals surface area contributed by atoms with Crippen LogP contribution < -0.4 is 9.64 Å². The van der Waals surface area contributed by atoms with Gasteiger partial charge in [-0.25, -0.2) is 13.4 Å². The van der Waals surface area contributed by atoms with E-state index in [0.717, 1.165) is 16.4 Å². The molecule has 1 saturated heterocycles. The molecule has 0 N–H and O–H groups in total. The average molecular weight is 483 g/mol. The first-order valence-electron chi connectivity index (χ1n) is 9.42. The summed E-state index contributed by atoms with van der Waals surface area (Å²) >= 11 is 13.6. The van der Waals surface area contributed by atoms with Crippen molar-refractivity contribution in [2.24, 2.45) is 0 Å². The monoisotopic (exact) mass is 482 g/mol. The molecule has 0 unspecified atom stereocenters. The fraction of sp³-hybridized carbons (Fsp3) is 0.286. The number of ether oxygens (including phenoxy) is 1. The maximum Gasteiger partial charge on any atom is 0.185 e. The molecule has 0 aliphatic carbocycles. The summed E-state index contributed by atoms with van der Waals surface area (Å²) in [5, 5.41) is 3.50. The molecule has 0 radical (unpaired) electrons. The summed E-state index contributed by atoms with van der Waals surface area (Å²) in [6, 6.07) is 12.3. The van der Waals surface area contributed by atoms with E-state index in [9.17, 15) is 8.42 Å². The summed E-state index contributed by atoms with van der Waals surface area (Å²) in [5.41, 5.74) is 1.90. The smallest absolute Gasteiger partial charge is 0.185 e. The molecule has 2 heterocycles. The summed E-state index contributed by atoms with van der Waals surface area (Å²) in [7, 11) is -2.08. The number of methoxy groups -OCH3 is 1. The van der Waals surface area contributed by atoms with E-state index < -0.39 is 15.1 Å². The molecule has 5 nitrogen and oxygen atoms in total. The highest BCUT2D eigenvalue weighted by Crippen LogP contribution is 2.35. The number of hydrogen-bond acceptors (Lipinski definition) is 6. The van der Waals surface area contributed by atoms with Gasteiger partial charge >= 0.3 is 0 Å². The average Bonchev–Trinajstić information content (AvgIpc) is 3.24. The second kappa shape index (κ2) is 8.75. The highest BCUT2D eigenvalue weighted by Gasteiger charge is 2.34. The zero-order valence-corrected chi connectivity index (χ0v) is 19.4. The molecule has 0 bridgehead atoms. The lowest BCUT2D eigenvalue weighted by atomic mass is 10.1. The van der Waals surface area contributed by atoms with Crippen molar-refractivity contribution in [2.45, 2.75) is 23.0 Å². The number of aromatic nitrogens is 1. The van der Waals surface area contributed by atoms with Crippen molar-refractivity contribution in [2.75, 3.05) is 25.1 Å². The van der Waals surface area contributed by atoms with Crippen LogP contribution >= 0.6 is 34.5 Å². The zero-order chi connectivity index (χ0) is 21.3. The van der Waals surface area contributed by atoms with Gasteiger partial charge in [-0.05, 0) is 43.2 Å². The number of sulfone groups is 1. The van der Waals surface area contributed by atoms with Gasteiger partial charge in [0.2, 0.25) is 0 Å². The SMILES string of the molecule is COc1ccc(Cl)cc1S(=O)(=O)C1CCN(c2nc(-c3ccc(Cl)cc3)cs2)CC1. The van der Waals surface area contributed by atoms with E-state index in [-0.39, 0.29) is 4.90 Å². The maximum atomic E-state index is 13.2. The molecule has 1 fully saturated rings. The Hall–Kier alpha value is -1.80. The van der Waals surface area contributed by atoms with Gasteiger partial charge in [-0.2, -0.15) is 0 Å². The van der Waals surface area contributed by atoms with Gasteiger partial charge in [0, 0.05) is 34.1 Å². The van der Waals surface area contributed by atoms with Gasteiger partial charge in [0.25, 0.3) is 0 Å². The minimum absolute atomic E-state index is 0.162. The van der Waals surface area contributed by atoms with Gasteiger partial charge in [-0.1, -0.05) is 35.3 Å². The molecule has 4 rings (SSSR count). The predicted molar refractivity (Wildman–Crippen MR) is 123 cm³/mol. The number of halogens is 2. The Balaban J connectivity index is 1.48. The first kappa shape index (κ1) is 21.4. The van der Waals surface area contributed by atoms with E-state index in [2.05, 4.69) is 4.90 Å². The molecule has 0 atom stereocenters. The number of thiazole rings is 1. The number of piperidine rings is 1. The minimum atomic E-state index is -3.54. The number of benzene rings is 2. The highest BCUT2D eigenvalue weighted by atomic mass is 35.5. The lowest BCUT2D eigenvalue weighted by Crippen LogP contribution is -2.39. The van der Waals surface area contributed by atoms with Crippen molar-refractivity contribution < 1.29 is 13.2 Å². The minimum Gasteiger partial charge on any atom is -0.495 e. The molecule has 0 amide bonds. The molecule has 1 aliphatic heterocycles. The molecule has 2 aromatic carbocycles. The first-order chi connectivity index (χ1) is 14.4. The third kappa shape index (κ3) is 4.30. The van der Waals surface area contributed by atoms with Crippen LogP contribution in [0.15, 0.2) is 52.7 Å². The summed E-state index contributed by atoms with van der Waals surface area (Å²) in [4.78, 5) is 7.04. The van der Waals surface area contributed by atoms with Gasteiger partial charge in [0.1, 0.15) is 10.6 Å². The lowest BCUT2D eigenvalue weighted by molar-refractivity contribution is 0.402. The molecule has 1 aromatic heterocycles. The van der Waals surface area contributed by atoms with Gasteiger partial charge in [-0.3, -0.25) is 0 Å². The Morgan fingerprint density at radius 1 is 1.07 bits per heavy atom. The Morgan fingerprint density at radius 2 is 1.73 bits per heavy atom. The molecular formula is C21H20Cl2N2O3S2. The number of anilines is 1. The third-order valence-corrected chi connectivity index (χ3v) is 8.89. The second-order valence-electron chi connectivity index (χ2n) is 7.05. The maximum absolute atomic E-state index is 13.2. The van der Waals surface area contributed by atoms with Gasteiger partial charge < -0.3 is 9.64 Å². The van der Waals surface area contributed by atoms with E-state index in [4.69, 9.17) is 32.9 Å². The van der Waals surface area contributed by atoms with Crippen LogP contribution in [0.2, 0.25) is 10.0 Å². The normalized spacial score (nSPS) is 15.4. The quantitative estimate of drug-likeness (QED) is 0.475. The van der Waals surface area contributed by atoms with Gasteiger partial charge in [0.15, 0.2) is 15.0 Å². The number of nitrogens with zero attached hydrogens (tertiary/aromatic N) is 2. The molecule has 0 spiro atoms. The first-order valence-corrected chi connectivity index (χ1v) is 12.6. The Labute approximate surface area is 190 Å². The summed E-state index contributed by atoms with van der Waals surface area (Å²) in [5.74, 6) is 0.328. The molecule has 158 valence electrons. The van der Waals surface area contributed by atoms with Crippen molar-refractivity contribution in [3.8, 4) is 17.0 Å². The fourth-order valence-electron chi connectivity index (χ4n) is 3.57. The second-order valence-corrected chi connectivity index (χ2v) is 11.0. The van der Waals surface area contributed by atoms with Gasteiger partial charge in [0.05, 0.1) is 18.1 Å². The summed E-state index contributed by atoms with van der Waals surface area (Å²) < 4.78 is 31.7. The molecule has 3 aromatic rings. The molecule has 0 saturated carbocycles. The van der Waals surface area contributed by atoms with E-state index in [0.29, 0.717) is 41.7 Å². The molecule has 30 heavy (non-hydrogen) atoms. The van der Waals surface area contributed by atoms with Gasteiger partial charge in [-0.15, -0.1) is 11.3 Å². The zero-order valence-electron chi connectivity index (χ0n) is 16.2. The van der Waals surface area contributed by atoms with Crippen molar-refractivity contribution in [1.29, 1.82) is 0 Å². The Bertz CT molecular complexity index is 1140. The molecule has 9 heteroatoms. The van der Waals surface area contributed by atoms with Crippen LogP contribution in [0.25, 0.3) is 11.3 Å². The predicted octanol–water partition coefficient (Wildman–Crippen LogP) is 5.57. The van der Waals surface area contributed by atoms with E-state index in [1.54, 1.807) is 23.5 Å². The largest absolute Gasteiger partial charge is 0.495 e. The standard InChI is InChI=1S/C21H20Cl2N2O3S2/c1-28-19-7-6-16(23)12-20(19)30(26,27)17-8-10-25(11-9-17)21-24-18(13-29-21)14-2-4-15(22)5-3-14/h2-7,12-13,17H,8-11H2,1H3. The summed E-state index contributed by atoms with van der Waals surface area (Å²) in [6.07, 6.45) is 1.04. The van der Waals surface area contributed by atoms with Crippen LogP contribution in [-0.2, 0) is 9.84 Å². The van der Waals surface area contributed by atoms with E-state index >= 15 is 0 Å². The van der Waals surface area contributed by atoms with Crippen molar-refractivity contribution >= 4 is 49.5 Å². The van der Waals surface area contributed by atoms with Crippen LogP contribution in [0.3, 0.4) is 0 Å². The fourth-order valence-corrected chi connectivity index (χ4v) is 6.74.